The van der Waals surface area contributed by atoms with Crippen LogP contribution in [0.5, 0.6) is 0 Å². The van der Waals surface area contributed by atoms with Crippen LogP contribution in [0.25, 0.3) is 22.3 Å². The van der Waals surface area contributed by atoms with E-state index >= 15 is 0 Å². The van der Waals surface area contributed by atoms with Crippen LogP contribution in [-0.4, -0.2) is 13.0 Å². The summed E-state index contributed by atoms with van der Waals surface area (Å²) in [6, 6.07) is 24.0. The zero-order chi connectivity index (χ0) is 15.6. The van der Waals surface area contributed by atoms with Gasteiger partial charge >= 0.3 is 0 Å². The normalized spacial score (nSPS) is 11.3. The summed E-state index contributed by atoms with van der Waals surface area (Å²) in [5.41, 5.74) is 3.72. The SMILES string of the molecule is O=S(=O)(O)c1cccc(-c2ccccc2-c2ccccc2)c1. The predicted octanol–water partition coefficient (Wildman–Crippen LogP) is 4.27. The Kier molecular flexibility index (Phi) is 3.79. The molecule has 0 radical (unpaired) electrons. The highest BCUT2D eigenvalue weighted by molar-refractivity contribution is 7.85. The molecule has 0 amide bonds. The minimum Gasteiger partial charge on any atom is -0.282 e. The minimum absolute atomic E-state index is 0.104. The number of rotatable bonds is 3. The molecule has 0 aliphatic carbocycles. The van der Waals surface area contributed by atoms with Gasteiger partial charge in [0.05, 0.1) is 4.90 Å². The lowest BCUT2D eigenvalue weighted by Crippen LogP contribution is -1.98. The molecule has 110 valence electrons. The molecule has 3 aromatic carbocycles. The van der Waals surface area contributed by atoms with Gasteiger partial charge in [0, 0.05) is 0 Å². The maximum atomic E-state index is 11.3. The molecular weight excluding hydrogens is 296 g/mol. The van der Waals surface area contributed by atoms with Crippen molar-refractivity contribution >= 4 is 10.1 Å². The molecule has 0 aliphatic heterocycles. The summed E-state index contributed by atoms with van der Waals surface area (Å²) in [7, 11) is -4.21. The average Bonchev–Trinajstić information content (AvgIpc) is 2.55. The summed E-state index contributed by atoms with van der Waals surface area (Å²) < 4.78 is 31.9. The standard InChI is InChI=1S/C18H14O3S/c19-22(20,21)16-10-6-9-15(13-16)18-12-5-4-11-17(18)14-7-2-1-3-8-14/h1-13H,(H,19,20,21). The average molecular weight is 310 g/mol. The van der Waals surface area contributed by atoms with E-state index in [4.69, 9.17) is 0 Å². The van der Waals surface area contributed by atoms with Crippen molar-refractivity contribution < 1.29 is 13.0 Å². The van der Waals surface area contributed by atoms with Crippen molar-refractivity contribution in [3.05, 3.63) is 78.9 Å². The Labute approximate surface area is 129 Å². The van der Waals surface area contributed by atoms with Gasteiger partial charge in [-0.2, -0.15) is 8.42 Å². The van der Waals surface area contributed by atoms with Crippen LogP contribution in [0.15, 0.2) is 83.8 Å². The molecule has 0 unspecified atom stereocenters. The zero-order valence-corrected chi connectivity index (χ0v) is 12.5. The second-order valence-electron chi connectivity index (χ2n) is 4.91. The zero-order valence-electron chi connectivity index (χ0n) is 11.7. The highest BCUT2D eigenvalue weighted by Gasteiger charge is 2.12. The Morgan fingerprint density at radius 3 is 1.82 bits per heavy atom. The van der Waals surface area contributed by atoms with Crippen LogP contribution >= 0.6 is 0 Å². The van der Waals surface area contributed by atoms with Crippen LogP contribution in [0.2, 0.25) is 0 Å². The highest BCUT2D eigenvalue weighted by atomic mass is 32.2. The molecule has 4 heteroatoms. The van der Waals surface area contributed by atoms with Gasteiger partial charge in [-0.25, -0.2) is 0 Å². The van der Waals surface area contributed by atoms with Crippen LogP contribution in [0, 0.1) is 0 Å². The molecular formula is C18H14O3S. The molecule has 3 nitrogen and oxygen atoms in total. The van der Waals surface area contributed by atoms with Crippen molar-refractivity contribution in [2.45, 2.75) is 4.90 Å². The van der Waals surface area contributed by atoms with E-state index in [9.17, 15) is 13.0 Å². The fraction of sp³-hybridized carbons (Fsp3) is 0. The quantitative estimate of drug-likeness (QED) is 0.735. The Hall–Kier alpha value is -2.43. The summed E-state index contributed by atoms with van der Waals surface area (Å²) in [4.78, 5) is -0.104. The Morgan fingerprint density at radius 2 is 1.18 bits per heavy atom. The first-order chi connectivity index (χ1) is 10.6. The molecule has 0 aromatic heterocycles. The van der Waals surface area contributed by atoms with Gasteiger partial charge in [-0.05, 0) is 34.4 Å². The van der Waals surface area contributed by atoms with Gasteiger partial charge < -0.3 is 0 Å². The second-order valence-corrected chi connectivity index (χ2v) is 6.34. The Balaban J connectivity index is 2.18. The second kappa shape index (κ2) is 5.75. The summed E-state index contributed by atoms with van der Waals surface area (Å²) in [5.74, 6) is 0. The fourth-order valence-electron chi connectivity index (χ4n) is 2.43. The largest absolute Gasteiger partial charge is 0.294 e. The number of benzene rings is 3. The van der Waals surface area contributed by atoms with Gasteiger partial charge in [0.15, 0.2) is 0 Å². The number of hydrogen-bond acceptors (Lipinski definition) is 2. The van der Waals surface area contributed by atoms with Gasteiger partial charge in [-0.15, -0.1) is 0 Å². The molecule has 0 aliphatic rings. The lowest BCUT2D eigenvalue weighted by Gasteiger charge is -2.10. The first-order valence-electron chi connectivity index (χ1n) is 6.78. The third kappa shape index (κ3) is 2.93. The van der Waals surface area contributed by atoms with Crippen LogP contribution in [0.3, 0.4) is 0 Å². The van der Waals surface area contributed by atoms with Crippen LogP contribution in [0.4, 0.5) is 0 Å². The first-order valence-corrected chi connectivity index (χ1v) is 8.22. The topological polar surface area (TPSA) is 54.4 Å². The lowest BCUT2D eigenvalue weighted by molar-refractivity contribution is 0.483. The summed E-state index contributed by atoms with van der Waals surface area (Å²) in [5, 5.41) is 0. The summed E-state index contributed by atoms with van der Waals surface area (Å²) in [6.45, 7) is 0. The van der Waals surface area contributed by atoms with Gasteiger partial charge in [0.25, 0.3) is 10.1 Å². The van der Waals surface area contributed by atoms with E-state index in [0.717, 1.165) is 22.3 Å². The summed E-state index contributed by atoms with van der Waals surface area (Å²) >= 11 is 0. The van der Waals surface area contributed by atoms with Gasteiger partial charge in [-0.3, -0.25) is 4.55 Å². The van der Waals surface area contributed by atoms with Gasteiger partial charge in [0.2, 0.25) is 0 Å². The van der Waals surface area contributed by atoms with E-state index in [2.05, 4.69) is 0 Å². The van der Waals surface area contributed by atoms with Gasteiger partial charge in [0.1, 0.15) is 0 Å². The first kappa shape index (κ1) is 14.5. The van der Waals surface area contributed by atoms with Crippen molar-refractivity contribution in [3.63, 3.8) is 0 Å². The maximum absolute atomic E-state index is 11.3. The van der Waals surface area contributed by atoms with Gasteiger partial charge in [-0.1, -0.05) is 66.7 Å². The molecule has 0 spiro atoms. The molecule has 3 aromatic rings. The molecule has 0 bridgehead atoms. The molecule has 22 heavy (non-hydrogen) atoms. The van der Waals surface area contributed by atoms with Crippen molar-refractivity contribution in [1.82, 2.24) is 0 Å². The predicted molar refractivity (Wildman–Crippen MR) is 87.1 cm³/mol. The van der Waals surface area contributed by atoms with Crippen molar-refractivity contribution in [1.29, 1.82) is 0 Å². The fourth-order valence-corrected chi connectivity index (χ4v) is 2.95. The van der Waals surface area contributed by atoms with E-state index in [1.165, 1.54) is 12.1 Å². The third-order valence-electron chi connectivity index (χ3n) is 3.45. The van der Waals surface area contributed by atoms with Crippen LogP contribution < -0.4 is 0 Å². The molecule has 0 atom stereocenters. The van der Waals surface area contributed by atoms with Crippen molar-refractivity contribution in [2.24, 2.45) is 0 Å². The van der Waals surface area contributed by atoms with E-state index in [1.807, 2.05) is 60.7 Å². The smallest absolute Gasteiger partial charge is 0.282 e. The van der Waals surface area contributed by atoms with E-state index in [1.54, 1.807) is 6.07 Å². The molecule has 0 saturated heterocycles. The highest BCUT2D eigenvalue weighted by Crippen LogP contribution is 2.32. The Morgan fingerprint density at radius 1 is 0.636 bits per heavy atom. The van der Waals surface area contributed by atoms with E-state index in [0.29, 0.717) is 0 Å². The van der Waals surface area contributed by atoms with Crippen molar-refractivity contribution in [3.8, 4) is 22.3 Å². The minimum atomic E-state index is -4.21. The third-order valence-corrected chi connectivity index (χ3v) is 4.30. The molecule has 0 saturated carbocycles. The van der Waals surface area contributed by atoms with E-state index < -0.39 is 10.1 Å². The van der Waals surface area contributed by atoms with E-state index in [-0.39, 0.29) is 4.90 Å². The molecule has 3 rings (SSSR count). The monoisotopic (exact) mass is 310 g/mol. The van der Waals surface area contributed by atoms with Crippen LogP contribution in [0.1, 0.15) is 0 Å². The lowest BCUT2D eigenvalue weighted by atomic mass is 9.95. The molecule has 0 fully saturated rings. The van der Waals surface area contributed by atoms with Crippen molar-refractivity contribution in [2.75, 3.05) is 0 Å². The van der Waals surface area contributed by atoms with Crippen LogP contribution in [-0.2, 0) is 10.1 Å². The Bertz CT molecular complexity index is 900. The molecule has 1 N–H and O–H groups in total. The maximum Gasteiger partial charge on any atom is 0.294 e. The molecule has 0 heterocycles. The summed E-state index contributed by atoms with van der Waals surface area (Å²) in [6.07, 6.45) is 0. The number of hydrogen-bond donors (Lipinski definition) is 1.